The van der Waals surface area contributed by atoms with Crippen LogP contribution in [0.25, 0.3) is 0 Å². The van der Waals surface area contributed by atoms with Crippen LogP contribution in [0.15, 0.2) is 66.7 Å². The van der Waals surface area contributed by atoms with Gasteiger partial charge in [0, 0.05) is 30.0 Å². The molecule has 0 saturated carbocycles. The van der Waals surface area contributed by atoms with Gasteiger partial charge in [-0.15, -0.1) is 6.58 Å². The predicted octanol–water partition coefficient (Wildman–Crippen LogP) is 12.5. The van der Waals surface area contributed by atoms with Crippen molar-refractivity contribution in [2.24, 2.45) is 0 Å². The molecule has 326 valence electrons. The number of rotatable bonds is 19. The Morgan fingerprint density at radius 1 is 0.741 bits per heavy atom. The minimum absolute atomic E-state index is 0.0675. The molecule has 2 amide bonds. The quantitative estimate of drug-likeness (QED) is 0.101. The zero-order valence-electron chi connectivity index (χ0n) is 37.3. The van der Waals surface area contributed by atoms with E-state index in [4.69, 9.17) is 18.9 Å². The first-order chi connectivity index (χ1) is 27.5. The molecule has 2 atom stereocenters. The molecular formula is C46H75BrN4O6Sn. The SMILES string of the molecule is C=CCc1cncc(OC[C@@H]2CCN2C(=O)OC(C)(C)C)c1.C=C[CH2][Sn]([CH2]CCC)([CH2]CCC)[CH2]CCC.CC(C)(C)OC(=O)N1CC[C@H]1COc1cncc(Br)c1. The van der Waals surface area contributed by atoms with Crippen molar-refractivity contribution >= 4 is 46.5 Å². The van der Waals surface area contributed by atoms with Gasteiger partial charge in [-0.1, -0.05) is 6.08 Å². The van der Waals surface area contributed by atoms with Crippen molar-refractivity contribution in [1.29, 1.82) is 0 Å². The zero-order valence-corrected chi connectivity index (χ0v) is 41.8. The second-order valence-electron chi connectivity index (χ2n) is 17.5. The van der Waals surface area contributed by atoms with E-state index in [0.29, 0.717) is 19.0 Å². The van der Waals surface area contributed by atoms with Crippen LogP contribution in [-0.2, 0) is 15.9 Å². The fraction of sp³-hybridized carbons (Fsp3) is 0.652. The van der Waals surface area contributed by atoms with E-state index in [9.17, 15) is 9.59 Å². The average Bonchev–Trinajstić information content (AvgIpc) is 3.11. The smallest absolute Gasteiger partial charge is 0.410 e. The number of aromatic nitrogens is 2. The Morgan fingerprint density at radius 3 is 1.55 bits per heavy atom. The molecule has 2 aromatic rings. The van der Waals surface area contributed by atoms with Crippen molar-refractivity contribution in [3.63, 3.8) is 0 Å². The van der Waals surface area contributed by atoms with Crippen LogP contribution >= 0.6 is 15.9 Å². The van der Waals surface area contributed by atoms with E-state index >= 15 is 0 Å². The molecule has 2 fully saturated rings. The van der Waals surface area contributed by atoms with Crippen LogP contribution in [0.4, 0.5) is 9.59 Å². The first-order valence-electron chi connectivity index (χ1n) is 21.5. The van der Waals surface area contributed by atoms with Gasteiger partial charge in [0.15, 0.2) is 0 Å². The van der Waals surface area contributed by atoms with Crippen LogP contribution in [0.3, 0.4) is 0 Å². The summed E-state index contributed by atoms with van der Waals surface area (Å²) in [4.78, 5) is 35.6. The number of hydrogen-bond acceptors (Lipinski definition) is 8. The molecule has 0 radical (unpaired) electrons. The molecule has 12 heteroatoms. The van der Waals surface area contributed by atoms with Crippen LogP contribution in [0.1, 0.15) is 119 Å². The molecule has 4 rings (SSSR count). The summed E-state index contributed by atoms with van der Waals surface area (Å²) < 4.78 is 29.3. The Hall–Kier alpha value is -2.80. The van der Waals surface area contributed by atoms with Crippen LogP contribution in [0.2, 0.25) is 17.7 Å². The van der Waals surface area contributed by atoms with E-state index in [2.05, 4.69) is 65.9 Å². The molecule has 58 heavy (non-hydrogen) atoms. The maximum atomic E-state index is 12.0. The first-order valence-corrected chi connectivity index (χ1v) is 30.4. The van der Waals surface area contributed by atoms with Gasteiger partial charge >= 0.3 is 120 Å². The van der Waals surface area contributed by atoms with Gasteiger partial charge in [-0.05, 0) is 94.4 Å². The van der Waals surface area contributed by atoms with Crippen molar-refractivity contribution in [3.05, 3.63) is 72.3 Å². The number of likely N-dealkylation sites (tertiary alicyclic amines) is 2. The van der Waals surface area contributed by atoms with Crippen LogP contribution in [0, 0.1) is 0 Å². The van der Waals surface area contributed by atoms with Gasteiger partial charge < -0.3 is 28.7 Å². The molecule has 2 saturated heterocycles. The first kappa shape index (κ1) is 51.3. The molecule has 0 unspecified atom stereocenters. The van der Waals surface area contributed by atoms with Crippen molar-refractivity contribution in [2.75, 3.05) is 26.3 Å². The van der Waals surface area contributed by atoms with Crippen LogP contribution in [-0.4, -0.2) is 99.9 Å². The van der Waals surface area contributed by atoms with Gasteiger partial charge in [-0.3, -0.25) is 9.97 Å². The normalized spacial score (nSPS) is 16.2. The number of nitrogens with zero attached hydrogens (tertiary/aromatic N) is 4. The standard InChI is InChI=1S/C17H24N2O3.C14H19BrN2O3.3C4H9.C3H5.Sn/c1-5-6-13-9-15(11-18-10-13)21-12-14-7-8-19(14)16(20)22-17(2,3)4;1-14(2,3)20-13(18)17-5-4-11(17)9-19-12-6-10(15)7-16-8-12;3*1-3-4-2;1-3-2;/h5,9-11,14H,1,6-8,12H2,2-4H3;6-8,11H,4-5,9H2,1-3H3;3*1,3-4H2,2H3;3H,1-2H2;/t14-;11-;;;;;/m00...../s1. The summed E-state index contributed by atoms with van der Waals surface area (Å²) in [6.45, 7) is 28.3. The molecule has 0 spiro atoms. The second kappa shape index (κ2) is 26.4. The van der Waals surface area contributed by atoms with Crippen molar-refractivity contribution in [3.8, 4) is 11.5 Å². The number of unbranched alkanes of at least 4 members (excludes halogenated alkanes) is 3. The minimum atomic E-state index is -1.78. The van der Waals surface area contributed by atoms with E-state index < -0.39 is 29.6 Å². The monoisotopic (exact) mass is 978 g/mol. The Bertz CT molecular complexity index is 1510. The topological polar surface area (TPSA) is 103 Å². The molecule has 0 aromatic carbocycles. The number of carbonyl (C=O) groups excluding carboxylic acids is 2. The number of allylic oxidation sites excluding steroid dienone is 2. The molecule has 0 aliphatic carbocycles. The third-order valence-electron chi connectivity index (χ3n) is 10.0. The molecule has 0 bridgehead atoms. The average molecular weight is 979 g/mol. The number of halogens is 1. The Balaban J connectivity index is 0.000000305. The van der Waals surface area contributed by atoms with E-state index in [1.807, 2.05) is 59.8 Å². The second-order valence-corrected chi connectivity index (χ2v) is 32.4. The van der Waals surface area contributed by atoms with Crippen LogP contribution < -0.4 is 9.47 Å². The molecule has 4 heterocycles. The third-order valence-corrected chi connectivity index (χ3v) is 25.9. The van der Waals surface area contributed by atoms with Gasteiger partial charge in [-0.2, -0.15) is 0 Å². The van der Waals surface area contributed by atoms with Gasteiger partial charge in [0.25, 0.3) is 0 Å². The molecule has 2 aromatic heterocycles. The van der Waals surface area contributed by atoms with Crippen LogP contribution in [0.5, 0.6) is 11.5 Å². The Labute approximate surface area is 363 Å². The number of carbonyl (C=O) groups is 2. The fourth-order valence-corrected chi connectivity index (χ4v) is 22.1. The van der Waals surface area contributed by atoms with Gasteiger partial charge in [0.1, 0.15) is 35.9 Å². The summed E-state index contributed by atoms with van der Waals surface area (Å²) in [5.41, 5.74) is 0.123. The number of amides is 2. The van der Waals surface area contributed by atoms with E-state index in [-0.39, 0.29) is 24.3 Å². The van der Waals surface area contributed by atoms with Gasteiger partial charge in [-0.25, -0.2) is 9.59 Å². The largest absolute Gasteiger partial charge is 0.490 e. The summed E-state index contributed by atoms with van der Waals surface area (Å²) in [6.07, 6.45) is 21.6. The van der Waals surface area contributed by atoms with Gasteiger partial charge in [0.05, 0.1) is 24.5 Å². The maximum absolute atomic E-state index is 12.0. The van der Waals surface area contributed by atoms with Gasteiger partial charge in [0.2, 0.25) is 0 Å². The minimum Gasteiger partial charge on any atom is -0.490 e. The Morgan fingerprint density at radius 2 is 1.19 bits per heavy atom. The number of ether oxygens (including phenoxy) is 4. The zero-order chi connectivity index (χ0) is 43.2. The molecule has 2 aliphatic heterocycles. The maximum Gasteiger partial charge on any atom is 0.410 e. The van der Waals surface area contributed by atoms with Crippen molar-refractivity contribution in [2.45, 2.75) is 161 Å². The van der Waals surface area contributed by atoms with Crippen molar-refractivity contribution in [1.82, 2.24) is 19.8 Å². The Kier molecular flexibility index (Phi) is 23.4. The fourth-order valence-electron chi connectivity index (χ4n) is 6.67. The summed E-state index contributed by atoms with van der Waals surface area (Å²) in [7, 11) is 0. The van der Waals surface area contributed by atoms with E-state index in [0.717, 1.165) is 48.1 Å². The molecule has 2 aliphatic rings. The summed E-state index contributed by atoms with van der Waals surface area (Å²) in [6, 6.07) is 3.94. The summed E-state index contributed by atoms with van der Waals surface area (Å²) in [5, 5.41) is 0. The van der Waals surface area contributed by atoms with E-state index in [1.165, 1.54) is 43.0 Å². The summed E-state index contributed by atoms with van der Waals surface area (Å²) >= 11 is 1.56. The predicted molar refractivity (Wildman–Crippen MR) is 244 cm³/mol. The molecule has 0 N–H and O–H groups in total. The number of pyridine rings is 2. The third kappa shape index (κ3) is 20.0. The number of hydrogen-bond donors (Lipinski definition) is 0. The van der Waals surface area contributed by atoms with E-state index in [1.54, 1.807) is 47.9 Å². The van der Waals surface area contributed by atoms with Crippen molar-refractivity contribution < 1.29 is 28.5 Å². The molecule has 10 nitrogen and oxygen atoms in total. The summed E-state index contributed by atoms with van der Waals surface area (Å²) in [5.74, 6) is 1.41. The molecular weight excluding hydrogens is 903 g/mol.